The Kier molecular flexibility index (Phi) is 3.95. The van der Waals surface area contributed by atoms with Crippen LogP contribution < -0.4 is 0 Å². The molecular weight excluding hydrogens is 241 g/mol. The van der Waals surface area contributed by atoms with Gasteiger partial charge in [0.2, 0.25) is 0 Å². The van der Waals surface area contributed by atoms with E-state index in [1.807, 2.05) is 25.1 Å². The minimum atomic E-state index is -0.285. The Morgan fingerprint density at radius 3 is 2.42 bits per heavy atom. The van der Waals surface area contributed by atoms with Crippen LogP contribution in [0.2, 0.25) is 0 Å². The molecule has 2 nitrogen and oxygen atoms in total. The van der Waals surface area contributed by atoms with Crippen LogP contribution in [-0.2, 0) is 6.54 Å². The fourth-order valence-electron chi connectivity index (χ4n) is 1.97. The van der Waals surface area contributed by atoms with Crippen LogP contribution in [-0.4, -0.2) is 17.9 Å². The Balaban J connectivity index is 2.17. The van der Waals surface area contributed by atoms with E-state index in [1.54, 1.807) is 31.3 Å². The van der Waals surface area contributed by atoms with Crippen LogP contribution in [0.1, 0.15) is 21.5 Å². The predicted octanol–water partition coefficient (Wildman–Crippen LogP) is 3.41. The number of benzene rings is 2. The average Bonchev–Trinajstić information content (AvgIpc) is 2.41. The molecule has 0 fully saturated rings. The molecule has 0 radical (unpaired) electrons. The lowest BCUT2D eigenvalue weighted by molar-refractivity contribution is 0.0783. The van der Waals surface area contributed by atoms with Gasteiger partial charge in [-0.3, -0.25) is 4.79 Å². The molecule has 0 aliphatic rings. The summed E-state index contributed by atoms with van der Waals surface area (Å²) in [5, 5.41) is 0. The Labute approximate surface area is 112 Å². The quantitative estimate of drug-likeness (QED) is 0.825. The summed E-state index contributed by atoms with van der Waals surface area (Å²) in [7, 11) is 1.68. The zero-order chi connectivity index (χ0) is 13.8. The largest absolute Gasteiger partial charge is 0.337 e. The van der Waals surface area contributed by atoms with Crippen LogP contribution in [0.25, 0.3) is 0 Å². The van der Waals surface area contributed by atoms with E-state index >= 15 is 0 Å². The summed E-state index contributed by atoms with van der Waals surface area (Å²) < 4.78 is 13.6. The van der Waals surface area contributed by atoms with Gasteiger partial charge in [0.25, 0.3) is 5.91 Å². The smallest absolute Gasteiger partial charge is 0.254 e. The molecule has 0 aliphatic heterocycles. The molecule has 0 bridgehead atoms. The third-order valence-electron chi connectivity index (χ3n) is 3.09. The number of carbonyl (C=O) groups is 1. The monoisotopic (exact) mass is 257 g/mol. The first kappa shape index (κ1) is 13.3. The molecular formula is C16H16FNO. The molecule has 0 atom stereocenters. The lowest BCUT2D eigenvalue weighted by Crippen LogP contribution is -2.27. The average molecular weight is 257 g/mol. The molecule has 98 valence electrons. The van der Waals surface area contributed by atoms with Crippen molar-refractivity contribution in [2.24, 2.45) is 0 Å². The van der Waals surface area contributed by atoms with Gasteiger partial charge >= 0.3 is 0 Å². The number of nitrogens with zero attached hydrogens (tertiary/aromatic N) is 1. The topological polar surface area (TPSA) is 20.3 Å². The van der Waals surface area contributed by atoms with Gasteiger partial charge in [0, 0.05) is 24.7 Å². The lowest BCUT2D eigenvalue weighted by Gasteiger charge is -2.18. The van der Waals surface area contributed by atoms with Crippen LogP contribution in [0.3, 0.4) is 0 Å². The molecule has 1 amide bonds. The molecule has 0 heterocycles. The van der Waals surface area contributed by atoms with Crippen LogP contribution in [0.15, 0.2) is 48.5 Å². The van der Waals surface area contributed by atoms with Gasteiger partial charge in [-0.15, -0.1) is 0 Å². The van der Waals surface area contributed by atoms with Crippen LogP contribution >= 0.6 is 0 Å². The molecule has 0 spiro atoms. The van der Waals surface area contributed by atoms with Gasteiger partial charge in [0.05, 0.1) is 0 Å². The number of rotatable bonds is 3. The maximum absolute atomic E-state index is 13.6. The van der Waals surface area contributed by atoms with Crippen molar-refractivity contribution in [2.45, 2.75) is 13.5 Å². The zero-order valence-corrected chi connectivity index (χ0v) is 11.1. The first-order chi connectivity index (χ1) is 9.09. The first-order valence-electron chi connectivity index (χ1n) is 6.14. The number of halogens is 1. The molecule has 0 N–H and O–H groups in total. The van der Waals surface area contributed by atoms with E-state index in [9.17, 15) is 9.18 Å². The highest BCUT2D eigenvalue weighted by Gasteiger charge is 2.14. The highest BCUT2D eigenvalue weighted by molar-refractivity contribution is 5.95. The second-order valence-corrected chi connectivity index (χ2v) is 4.57. The standard InChI is InChI=1S/C16H16FNO/c1-12-7-3-5-9-14(12)16(19)18(2)11-13-8-4-6-10-15(13)17/h3-10H,11H2,1-2H3. The number of carbonyl (C=O) groups excluding carboxylic acids is 1. The maximum atomic E-state index is 13.6. The molecule has 3 heteroatoms. The van der Waals surface area contributed by atoms with Gasteiger partial charge < -0.3 is 4.90 Å². The Bertz CT molecular complexity index is 595. The summed E-state index contributed by atoms with van der Waals surface area (Å²) in [6.45, 7) is 2.16. The van der Waals surface area contributed by atoms with E-state index in [2.05, 4.69) is 0 Å². The van der Waals surface area contributed by atoms with E-state index in [4.69, 9.17) is 0 Å². The highest BCUT2D eigenvalue weighted by Crippen LogP contribution is 2.13. The van der Waals surface area contributed by atoms with Gasteiger partial charge in [-0.1, -0.05) is 36.4 Å². The number of aryl methyl sites for hydroxylation is 1. The predicted molar refractivity (Wildman–Crippen MR) is 73.4 cm³/mol. The number of amides is 1. The summed E-state index contributed by atoms with van der Waals surface area (Å²) >= 11 is 0. The van der Waals surface area contributed by atoms with Crippen molar-refractivity contribution >= 4 is 5.91 Å². The van der Waals surface area contributed by atoms with Crippen molar-refractivity contribution in [1.29, 1.82) is 0 Å². The Morgan fingerprint density at radius 1 is 1.11 bits per heavy atom. The second-order valence-electron chi connectivity index (χ2n) is 4.57. The summed E-state index contributed by atoms with van der Waals surface area (Å²) in [5.41, 5.74) is 2.10. The summed E-state index contributed by atoms with van der Waals surface area (Å²) in [6, 6.07) is 13.9. The summed E-state index contributed by atoms with van der Waals surface area (Å²) in [6.07, 6.45) is 0. The zero-order valence-electron chi connectivity index (χ0n) is 11.1. The van der Waals surface area contributed by atoms with Crippen molar-refractivity contribution in [1.82, 2.24) is 4.90 Å². The molecule has 0 aliphatic carbocycles. The van der Waals surface area contributed by atoms with Crippen molar-refractivity contribution in [3.63, 3.8) is 0 Å². The van der Waals surface area contributed by atoms with Crippen molar-refractivity contribution in [3.05, 3.63) is 71.0 Å². The summed E-state index contributed by atoms with van der Waals surface area (Å²) in [4.78, 5) is 13.8. The lowest BCUT2D eigenvalue weighted by atomic mass is 10.1. The third-order valence-corrected chi connectivity index (χ3v) is 3.09. The van der Waals surface area contributed by atoms with Crippen molar-refractivity contribution in [3.8, 4) is 0 Å². The van der Waals surface area contributed by atoms with Crippen LogP contribution in [0.5, 0.6) is 0 Å². The van der Waals surface area contributed by atoms with Gasteiger partial charge in [-0.25, -0.2) is 4.39 Å². The number of hydrogen-bond donors (Lipinski definition) is 0. The minimum Gasteiger partial charge on any atom is -0.337 e. The van der Waals surface area contributed by atoms with Gasteiger partial charge in [0.15, 0.2) is 0 Å². The van der Waals surface area contributed by atoms with Gasteiger partial charge in [-0.05, 0) is 24.6 Å². The van der Waals surface area contributed by atoms with Gasteiger partial charge in [-0.2, -0.15) is 0 Å². The molecule has 2 aromatic rings. The molecule has 0 saturated heterocycles. The highest BCUT2D eigenvalue weighted by atomic mass is 19.1. The fourth-order valence-corrected chi connectivity index (χ4v) is 1.97. The SMILES string of the molecule is Cc1ccccc1C(=O)N(C)Cc1ccccc1F. The molecule has 0 aromatic heterocycles. The van der Waals surface area contributed by atoms with E-state index < -0.39 is 0 Å². The maximum Gasteiger partial charge on any atom is 0.254 e. The molecule has 0 saturated carbocycles. The Hall–Kier alpha value is -2.16. The molecule has 2 rings (SSSR count). The van der Waals surface area contributed by atoms with Crippen LogP contribution in [0, 0.1) is 12.7 Å². The summed E-state index contributed by atoms with van der Waals surface area (Å²) in [5.74, 6) is -0.381. The normalized spacial score (nSPS) is 10.3. The fraction of sp³-hybridized carbons (Fsp3) is 0.188. The van der Waals surface area contributed by atoms with Crippen LogP contribution in [0.4, 0.5) is 4.39 Å². The number of hydrogen-bond acceptors (Lipinski definition) is 1. The van der Waals surface area contributed by atoms with E-state index in [0.29, 0.717) is 11.1 Å². The van der Waals surface area contributed by atoms with Crippen molar-refractivity contribution < 1.29 is 9.18 Å². The molecule has 0 unspecified atom stereocenters. The molecule has 2 aromatic carbocycles. The van der Waals surface area contributed by atoms with Crippen molar-refractivity contribution in [2.75, 3.05) is 7.05 Å². The van der Waals surface area contributed by atoms with Gasteiger partial charge in [0.1, 0.15) is 5.82 Å². The second kappa shape index (κ2) is 5.65. The minimum absolute atomic E-state index is 0.0960. The Morgan fingerprint density at radius 2 is 1.74 bits per heavy atom. The molecule has 19 heavy (non-hydrogen) atoms. The third kappa shape index (κ3) is 2.99. The van der Waals surface area contributed by atoms with E-state index in [-0.39, 0.29) is 18.3 Å². The van der Waals surface area contributed by atoms with E-state index in [0.717, 1.165) is 5.56 Å². The van der Waals surface area contributed by atoms with E-state index in [1.165, 1.54) is 11.0 Å². The first-order valence-corrected chi connectivity index (χ1v) is 6.14.